The van der Waals surface area contributed by atoms with E-state index in [9.17, 15) is 10.1 Å². The first-order valence-corrected chi connectivity index (χ1v) is 5.18. The van der Waals surface area contributed by atoms with Gasteiger partial charge in [-0.3, -0.25) is 10.1 Å². The topological polar surface area (TPSA) is 63.4 Å². The highest BCUT2D eigenvalue weighted by Crippen LogP contribution is 2.26. The molecular weight excluding hydrogens is 206 g/mol. The van der Waals surface area contributed by atoms with E-state index in [1.54, 1.807) is 13.0 Å². The molecule has 0 heterocycles. The average Bonchev–Trinajstić information content (AvgIpc) is 2.27. The lowest BCUT2D eigenvalue weighted by Gasteiger charge is -2.11. The van der Waals surface area contributed by atoms with Crippen LogP contribution in [0.3, 0.4) is 0 Å². The summed E-state index contributed by atoms with van der Waals surface area (Å²) in [4.78, 5) is 10.4. The predicted molar refractivity (Wildman–Crippen MR) is 62.3 cm³/mol. The molecule has 4 nitrogen and oxygen atoms in total. The Balaban J connectivity index is 3.24. The quantitative estimate of drug-likeness (QED) is 0.629. The lowest BCUT2D eigenvalue weighted by Crippen LogP contribution is -2.03. The SMILES string of the molecule is C[C](CO)c1cc(C(C)C)cc([N+](=O)[O-])c1. The fourth-order valence-corrected chi connectivity index (χ4v) is 1.41. The number of nitrogens with zero attached hydrogens (tertiary/aromatic N) is 1. The van der Waals surface area contributed by atoms with E-state index in [0.29, 0.717) is 0 Å². The maximum Gasteiger partial charge on any atom is 0.270 e. The maximum atomic E-state index is 10.8. The van der Waals surface area contributed by atoms with Gasteiger partial charge in [-0.1, -0.05) is 26.8 Å². The zero-order chi connectivity index (χ0) is 12.3. The normalized spacial score (nSPS) is 11.1. The summed E-state index contributed by atoms with van der Waals surface area (Å²) in [6, 6.07) is 4.97. The van der Waals surface area contributed by atoms with Gasteiger partial charge in [-0.2, -0.15) is 0 Å². The lowest BCUT2D eigenvalue weighted by molar-refractivity contribution is -0.385. The molecule has 0 amide bonds. The molecule has 1 N–H and O–H groups in total. The largest absolute Gasteiger partial charge is 0.395 e. The molecule has 0 aliphatic carbocycles. The Morgan fingerprint density at radius 2 is 2.06 bits per heavy atom. The van der Waals surface area contributed by atoms with Gasteiger partial charge in [-0.15, -0.1) is 0 Å². The van der Waals surface area contributed by atoms with E-state index in [2.05, 4.69) is 0 Å². The Hall–Kier alpha value is -1.42. The molecule has 1 radical (unpaired) electrons. The van der Waals surface area contributed by atoms with Crippen LogP contribution >= 0.6 is 0 Å². The van der Waals surface area contributed by atoms with E-state index in [4.69, 9.17) is 5.11 Å². The van der Waals surface area contributed by atoms with Crippen molar-refractivity contribution in [3.8, 4) is 0 Å². The van der Waals surface area contributed by atoms with Crippen LogP contribution in [0, 0.1) is 16.0 Å². The van der Waals surface area contributed by atoms with Crippen molar-refractivity contribution in [2.24, 2.45) is 0 Å². The maximum absolute atomic E-state index is 10.8. The van der Waals surface area contributed by atoms with Crippen molar-refractivity contribution in [1.29, 1.82) is 0 Å². The minimum atomic E-state index is -0.403. The number of hydrogen-bond donors (Lipinski definition) is 1. The second-order valence-corrected chi connectivity index (χ2v) is 4.16. The summed E-state index contributed by atoms with van der Waals surface area (Å²) in [6.07, 6.45) is 0. The first kappa shape index (κ1) is 12.6. The molecule has 16 heavy (non-hydrogen) atoms. The molecule has 1 aromatic rings. The molecule has 0 atom stereocenters. The van der Waals surface area contributed by atoms with Crippen molar-refractivity contribution < 1.29 is 10.0 Å². The molecular formula is C12H16NO3. The van der Waals surface area contributed by atoms with Crippen LogP contribution in [0.1, 0.15) is 37.8 Å². The van der Waals surface area contributed by atoms with Gasteiger partial charge in [0.05, 0.1) is 11.5 Å². The van der Waals surface area contributed by atoms with E-state index in [0.717, 1.165) is 17.0 Å². The van der Waals surface area contributed by atoms with Gasteiger partial charge in [0.25, 0.3) is 5.69 Å². The molecule has 0 aliphatic heterocycles. The van der Waals surface area contributed by atoms with Crippen molar-refractivity contribution in [3.63, 3.8) is 0 Å². The van der Waals surface area contributed by atoms with Crippen molar-refractivity contribution in [2.75, 3.05) is 6.61 Å². The lowest BCUT2D eigenvalue weighted by atomic mass is 9.94. The van der Waals surface area contributed by atoms with Crippen LogP contribution in [0.5, 0.6) is 0 Å². The van der Waals surface area contributed by atoms with Gasteiger partial charge < -0.3 is 5.11 Å². The van der Waals surface area contributed by atoms with Crippen LogP contribution in [-0.4, -0.2) is 16.6 Å². The molecule has 0 aliphatic rings. The van der Waals surface area contributed by atoms with Gasteiger partial charge in [0.15, 0.2) is 0 Å². The first-order chi connectivity index (χ1) is 7.45. The van der Waals surface area contributed by atoms with E-state index >= 15 is 0 Å². The summed E-state index contributed by atoms with van der Waals surface area (Å²) >= 11 is 0. The highest BCUT2D eigenvalue weighted by molar-refractivity contribution is 5.45. The van der Waals surface area contributed by atoms with Crippen molar-refractivity contribution in [1.82, 2.24) is 0 Å². The number of benzene rings is 1. The van der Waals surface area contributed by atoms with Crippen LogP contribution < -0.4 is 0 Å². The van der Waals surface area contributed by atoms with Crippen LogP contribution in [0.25, 0.3) is 0 Å². The molecule has 4 heteroatoms. The third kappa shape index (κ3) is 2.79. The second kappa shape index (κ2) is 5.07. The minimum Gasteiger partial charge on any atom is -0.395 e. The van der Waals surface area contributed by atoms with E-state index in [1.807, 2.05) is 19.9 Å². The van der Waals surface area contributed by atoms with E-state index in [-0.39, 0.29) is 18.2 Å². The predicted octanol–water partition coefficient (Wildman–Crippen LogP) is 2.65. The number of rotatable bonds is 4. The van der Waals surface area contributed by atoms with Gasteiger partial charge in [-0.25, -0.2) is 0 Å². The van der Waals surface area contributed by atoms with Crippen molar-refractivity contribution >= 4 is 5.69 Å². The molecule has 0 saturated heterocycles. The second-order valence-electron chi connectivity index (χ2n) is 4.16. The number of aliphatic hydroxyl groups excluding tert-OH is 1. The average molecular weight is 222 g/mol. The van der Waals surface area contributed by atoms with Crippen molar-refractivity contribution in [2.45, 2.75) is 26.7 Å². The molecule has 87 valence electrons. The summed E-state index contributed by atoms with van der Waals surface area (Å²) in [5.41, 5.74) is 1.73. The fraction of sp³-hybridized carbons (Fsp3) is 0.417. The molecule has 1 rings (SSSR count). The highest BCUT2D eigenvalue weighted by Gasteiger charge is 2.14. The summed E-state index contributed by atoms with van der Waals surface area (Å²) < 4.78 is 0. The number of nitro benzene ring substituents is 1. The molecule has 0 saturated carbocycles. The van der Waals surface area contributed by atoms with Gasteiger partial charge in [0.2, 0.25) is 0 Å². The van der Waals surface area contributed by atoms with Crippen LogP contribution in [-0.2, 0) is 0 Å². The first-order valence-electron chi connectivity index (χ1n) is 5.18. The summed E-state index contributed by atoms with van der Waals surface area (Å²) in [7, 11) is 0. The third-order valence-corrected chi connectivity index (χ3v) is 2.55. The van der Waals surface area contributed by atoms with Crippen LogP contribution in [0.15, 0.2) is 18.2 Å². The molecule has 0 spiro atoms. The summed E-state index contributed by atoms with van der Waals surface area (Å²) in [5.74, 6) is 0.968. The van der Waals surface area contributed by atoms with Crippen molar-refractivity contribution in [3.05, 3.63) is 45.4 Å². The Kier molecular flexibility index (Phi) is 4.01. The summed E-state index contributed by atoms with van der Waals surface area (Å²) in [6.45, 7) is 5.65. The van der Waals surface area contributed by atoms with E-state index < -0.39 is 4.92 Å². The van der Waals surface area contributed by atoms with Gasteiger partial charge in [-0.05, 0) is 17.0 Å². The molecule has 0 bridgehead atoms. The molecule has 0 fully saturated rings. The Bertz CT molecular complexity index is 388. The van der Waals surface area contributed by atoms with E-state index in [1.165, 1.54) is 6.07 Å². The van der Waals surface area contributed by atoms with Gasteiger partial charge in [0, 0.05) is 18.1 Å². The van der Waals surface area contributed by atoms with Crippen LogP contribution in [0.4, 0.5) is 5.69 Å². The molecule has 1 aromatic carbocycles. The standard InChI is InChI=1S/C12H16NO3/c1-8(2)10-4-11(9(3)7-14)6-12(5-10)13(15)16/h4-6,8,14H,7H2,1-3H3. The number of non-ortho nitro benzene ring substituents is 1. The molecule has 0 unspecified atom stereocenters. The highest BCUT2D eigenvalue weighted by atomic mass is 16.6. The zero-order valence-corrected chi connectivity index (χ0v) is 9.73. The fourth-order valence-electron chi connectivity index (χ4n) is 1.41. The minimum absolute atomic E-state index is 0.0778. The Morgan fingerprint density at radius 3 is 2.50 bits per heavy atom. The number of aliphatic hydroxyl groups is 1. The number of nitro groups is 1. The number of hydrogen-bond acceptors (Lipinski definition) is 3. The van der Waals surface area contributed by atoms with Gasteiger partial charge >= 0.3 is 0 Å². The van der Waals surface area contributed by atoms with Gasteiger partial charge in [0.1, 0.15) is 0 Å². The molecule has 0 aromatic heterocycles. The monoisotopic (exact) mass is 222 g/mol. The smallest absolute Gasteiger partial charge is 0.270 e. The Morgan fingerprint density at radius 1 is 1.44 bits per heavy atom. The third-order valence-electron chi connectivity index (χ3n) is 2.55. The zero-order valence-electron chi connectivity index (χ0n) is 9.73. The Labute approximate surface area is 95.1 Å². The summed E-state index contributed by atoms with van der Waals surface area (Å²) in [5, 5.41) is 19.8. The van der Waals surface area contributed by atoms with Crippen LogP contribution in [0.2, 0.25) is 0 Å².